The Morgan fingerprint density at radius 2 is 2.10 bits per heavy atom. The van der Waals surface area contributed by atoms with Crippen LogP contribution in [0.25, 0.3) is 0 Å². The summed E-state index contributed by atoms with van der Waals surface area (Å²) in [6.07, 6.45) is 5.79. The molecule has 0 aliphatic heterocycles. The van der Waals surface area contributed by atoms with E-state index in [1.807, 2.05) is 19.9 Å². The number of hydrogen-bond acceptors (Lipinski definition) is 2. The Morgan fingerprint density at radius 3 is 2.90 bits per heavy atom. The molecular formula is C19H21NO. The third-order valence-corrected chi connectivity index (χ3v) is 4.40. The maximum absolute atomic E-state index is 12.6. The third-order valence-electron chi connectivity index (χ3n) is 4.40. The van der Waals surface area contributed by atoms with Crippen molar-refractivity contribution in [3.05, 3.63) is 64.5 Å². The van der Waals surface area contributed by atoms with Crippen molar-refractivity contribution >= 4 is 5.78 Å². The van der Waals surface area contributed by atoms with Crippen LogP contribution >= 0.6 is 0 Å². The number of carbonyl (C=O) groups excluding carboxylic acids is 1. The first-order valence-corrected chi connectivity index (χ1v) is 7.69. The minimum absolute atomic E-state index is 0.175. The summed E-state index contributed by atoms with van der Waals surface area (Å²) in [5.41, 5.74) is 5.51. The predicted octanol–water partition coefficient (Wildman–Crippen LogP) is 4.39. The van der Waals surface area contributed by atoms with Gasteiger partial charge in [0.2, 0.25) is 0 Å². The zero-order valence-corrected chi connectivity index (χ0v) is 12.7. The molecule has 108 valence electrons. The van der Waals surface area contributed by atoms with Crippen LogP contribution in [0.15, 0.2) is 36.5 Å². The molecule has 0 fully saturated rings. The van der Waals surface area contributed by atoms with Crippen molar-refractivity contribution in [2.45, 2.75) is 45.4 Å². The largest absolute Gasteiger partial charge is 0.292 e. The third kappa shape index (κ3) is 2.90. The first kappa shape index (κ1) is 14.0. The van der Waals surface area contributed by atoms with E-state index in [2.05, 4.69) is 29.2 Å². The first-order chi connectivity index (χ1) is 10.1. The van der Waals surface area contributed by atoms with Gasteiger partial charge in [0.1, 0.15) is 5.69 Å². The Morgan fingerprint density at radius 1 is 1.29 bits per heavy atom. The minimum Gasteiger partial charge on any atom is -0.292 e. The molecule has 1 aliphatic rings. The molecule has 3 rings (SSSR count). The standard InChI is InChI=1S/C19H21NO/c1-13-10-14(2)19(20-12-13)18(21)11-16-8-5-7-15-6-3-4-9-17(15)16/h3-4,6,9-10,12,16H,5,7-8,11H2,1-2H3. The number of Topliss-reactive ketones (excluding diaryl/α,β-unsaturated/α-hetero) is 1. The number of pyridine rings is 1. The van der Waals surface area contributed by atoms with E-state index in [9.17, 15) is 4.79 Å². The number of fused-ring (bicyclic) bond motifs is 1. The summed E-state index contributed by atoms with van der Waals surface area (Å²) in [7, 11) is 0. The number of nitrogens with zero attached hydrogens (tertiary/aromatic N) is 1. The molecule has 1 unspecified atom stereocenters. The van der Waals surface area contributed by atoms with Crippen LogP contribution in [0, 0.1) is 13.8 Å². The smallest absolute Gasteiger partial charge is 0.182 e. The van der Waals surface area contributed by atoms with Gasteiger partial charge in [-0.25, -0.2) is 0 Å². The van der Waals surface area contributed by atoms with Gasteiger partial charge in [-0.2, -0.15) is 0 Å². The molecule has 0 bridgehead atoms. The maximum Gasteiger partial charge on any atom is 0.182 e. The van der Waals surface area contributed by atoms with Crippen LogP contribution in [0.1, 0.15) is 57.9 Å². The quantitative estimate of drug-likeness (QED) is 0.780. The second-order valence-electron chi connectivity index (χ2n) is 6.09. The average Bonchev–Trinajstić information content (AvgIpc) is 2.47. The molecule has 21 heavy (non-hydrogen) atoms. The predicted molar refractivity (Wildman–Crippen MR) is 84.8 cm³/mol. The zero-order valence-electron chi connectivity index (χ0n) is 12.7. The number of benzene rings is 1. The summed E-state index contributed by atoms with van der Waals surface area (Å²) in [5, 5.41) is 0. The van der Waals surface area contributed by atoms with E-state index in [0.29, 0.717) is 18.0 Å². The number of aryl methyl sites for hydroxylation is 3. The van der Waals surface area contributed by atoms with Gasteiger partial charge in [0.15, 0.2) is 5.78 Å². The average molecular weight is 279 g/mol. The van der Waals surface area contributed by atoms with Gasteiger partial charge in [0.25, 0.3) is 0 Å². The van der Waals surface area contributed by atoms with Gasteiger partial charge in [-0.1, -0.05) is 30.3 Å². The highest BCUT2D eigenvalue weighted by atomic mass is 16.1. The van der Waals surface area contributed by atoms with E-state index >= 15 is 0 Å². The van der Waals surface area contributed by atoms with Crippen LogP contribution in [0.5, 0.6) is 0 Å². The normalized spacial score (nSPS) is 17.3. The Hall–Kier alpha value is -1.96. The fourth-order valence-corrected chi connectivity index (χ4v) is 3.39. The van der Waals surface area contributed by atoms with Crippen molar-refractivity contribution in [1.82, 2.24) is 4.98 Å². The van der Waals surface area contributed by atoms with E-state index < -0.39 is 0 Å². The van der Waals surface area contributed by atoms with Gasteiger partial charge in [-0.05, 0) is 61.3 Å². The lowest BCUT2D eigenvalue weighted by atomic mass is 9.80. The van der Waals surface area contributed by atoms with Crippen LogP contribution in [0.2, 0.25) is 0 Å². The van der Waals surface area contributed by atoms with E-state index in [0.717, 1.165) is 24.0 Å². The summed E-state index contributed by atoms with van der Waals surface area (Å²) in [4.78, 5) is 16.9. The molecule has 1 heterocycles. The summed E-state index contributed by atoms with van der Waals surface area (Å²) in [6, 6.07) is 10.6. The summed E-state index contributed by atoms with van der Waals surface area (Å²) >= 11 is 0. The number of ketones is 1. The van der Waals surface area contributed by atoms with E-state index in [-0.39, 0.29) is 5.78 Å². The Balaban J connectivity index is 1.83. The number of hydrogen-bond donors (Lipinski definition) is 0. The lowest BCUT2D eigenvalue weighted by Crippen LogP contribution is -2.15. The van der Waals surface area contributed by atoms with Crippen molar-refractivity contribution in [2.24, 2.45) is 0 Å². The molecule has 0 saturated carbocycles. The summed E-state index contributed by atoms with van der Waals surface area (Å²) in [5.74, 6) is 0.527. The Kier molecular flexibility index (Phi) is 3.87. The molecule has 0 radical (unpaired) electrons. The van der Waals surface area contributed by atoms with Gasteiger partial charge >= 0.3 is 0 Å². The van der Waals surface area contributed by atoms with Gasteiger partial charge in [-0.3, -0.25) is 9.78 Å². The monoisotopic (exact) mass is 279 g/mol. The lowest BCUT2D eigenvalue weighted by Gasteiger charge is -2.25. The van der Waals surface area contributed by atoms with Crippen LogP contribution in [-0.4, -0.2) is 10.8 Å². The second kappa shape index (κ2) is 5.80. The molecule has 1 aromatic heterocycles. The van der Waals surface area contributed by atoms with Crippen LogP contribution in [0.4, 0.5) is 0 Å². The molecular weight excluding hydrogens is 258 g/mol. The Bertz CT molecular complexity index is 675. The van der Waals surface area contributed by atoms with Crippen molar-refractivity contribution in [3.63, 3.8) is 0 Å². The van der Waals surface area contributed by atoms with E-state index in [1.54, 1.807) is 6.20 Å². The number of aromatic nitrogens is 1. The molecule has 0 saturated heterocycles. The minimum atomic E-state index is 0.175. The van der Waals surface area contributed by atoms with Gasteiger partial charge in [0.05, 0.1) is 0 Å². The number of carbonyl (C=O) groups is 1. The SMILES string of the molecule is Cc1cnc(C(=O)CC2CCCc3ccccc32)c(C)c1. The second-order valence-corrected chi connectivity index (χ2v) is 6.09. The van der Waals surface area contributed by atoms with E-state index in [1.165, 1.54) is 17.5 Å². The van der Waals surface area contributed by atoms with Crippen LogP contribution in [0.3, 0.4) is 0 Å². The topological polar surface area (TPSA) is 30.0 Å². The highest BCUT2D eigenvalue weighted by Crippen LogP contribution is 2.34. The van der Waals surface area contributed by atoms with Crippen LogP contribution in [-0.2, 0) is 6.42 Å². The summed E-state index contributed by atoms with van der Waals surface area (Å²) < 4.78 is 0. The van der Waals surface area contributed by atoms with E-state index in [4.69, 9.17) is 0 Å². The van der Waals surface area contributed by atoms with Crippen molar-refractivity contribution in [2.75, 3.05) is 0 Å². The Labute approximate surface area is 126 Å². The maximum atomic E-state index is 12.6. The first-order valence-electron chi connectivity index (χ1n) is 7.69. The molecule has 2 nitrogen and oxygen atoms in total. The highest BCUT2D eigenvalue weighted by Gasteiger charge is 2.23. The number of rotatable bonds is 3. The van der Waals surface area contributed by atoms with Gasteiger partial charge in [-0.15, -0.1) is 0 Å². The molecule has 1 aromatic carbocycles. The van der Waals surface area contributed by atoms with Crippen molar-refractivity contribution < 1.29 is 4.79 Å². The molecule has 0 amide bonds. The lowest BCUT2D eigenvalue weighted by molar-refractivity contribution is 0.0965. The zero-order chi connectivity index (χ0) is 14.8. The summed E-state index contributed by atoms with van der Waals surface area (Å²) in [6.45, 7) is 3.98. The highest BCUT2D eigenvalue weighted by molar-refractivity contribution is 5.96. The molecule has 0 N–H and O–H groups in total. The van der Waals surface area contributed by atoms with Gasteiger partial charge in [0, 0.05) is 12.6 Å². The molecule has 1 atom stereocenters. The molecule has 0 spiro atoms. The molecule has 2 aromatic rings. The van der Waals surface area contributed by atoms with Crippen molar-refractivity contribution in [1.29, 1.82) is 0 Å². The van der Waals surface area contributed by atoms with Crippen LogP contribution < -0.4 is 0 Å². The fraction of sp³-hybridized carbons (Fsp3) is 0.368. The molecule has 1 aliphatic carbocycles. The van der Waals surface area contributed by atoms with Crippen molar-refractivity contribution in [3.8, 4) is 0 Å². The molecule has 2 heteroatoms. The fourth-order valence-electron chi connectivity index (χ4n) is 3.39. The van der Waals surface area contributed by atoms with Gasteiger partial charge < -0.3 is 0 Å².